The van der Waals surface area contributed by atoms with E-state index < -0.39 is 5.60 Å². The van der Waals surface area contributed by atoms with Gasteiger partial charge in [-0.15, -0.1) is 0 Å². The molecule has 0 aromatic rings. The van der Waals surface area contributed by atoms with Gasteiger partial charge in [-0.2, -0.15) is 0 Å². The lowest BCUT2D eigenvalue weighted by Gasteiger charge is -2.29. The molecule has 1 saturated heterocycles. The predicted molar refractivity (Wildman–Crippen MR) is 61.5 cm³/mol. The molecular formula is C12H21NO4. The number of ether oxygens (including phenoxy) is 1. The van der Waals surface area contributed by atoms with E-state index in [0.717, 1.165) is 6.42 Å². The third-order valence-electron chi connectivity index (χ3n) is 3.65. The summed E-state index contributed by atoms with van der Waals surface area (Å²) in [5.41, 5.74) is -0.708. The summed E-state index contributed by atoms with van der Waals surface area (Å²) in [5.74, 6) is 0. The molecule has 1 amide bonds. The molecule has 1 aliphatic heterocycles. The molecule has 1 aliphatic carbocycles. The van der Waals surface area contributed by atoms with E-state index in [9.17, 15) is 15.0 Å². The summed E-state index contributed by atoms with van der Waals surface area (Å²) in [6, 6.07) is -0.171. The molecule has 0 bridgehead atoms. The van der Waals surface area contributed by atoms with Crippen molar-refractivity contribution in [3.8, 4) is 0 Å². The van der Waals surface area contributed by atoms with Gasteiger partial charge in [-0.05, 0) is 33.6 Å². The molecule has 1 heterocycles. The van der Waals surface area contributed by atoms with Crippen molar-refractivity contribution >= 4 is 6.09 Å². The monoisotopic (exact) mass is 243 g/mol. The second kappa shape index (κ2) is 3.85. The lowest BCUT2D eigenvalue weighted by molar-refractivity contribution is 0.0126. The van der Waals surface area contributed by atoms with E-state index in [-0.39, 0.29) is 36.8 Å². The van der Waals surface area contributed by atoms with Gasteiger partial charge in [0.2, 0.25) is 0 Å². The Morgan fingerprint density at radius 2 is 2.06 bits per heavy atom. The van der Waals surface area contributed by atoms with Gasteiger partial charge in [-0.3, -0.25) is 4.90 Å². The maximum atomic E-state index is 12.0. The molecule has 5 nitrogen and oxygen atoms in total. The average Bonchev–Trinajstić information content (AvgIpc) is 2.82. The number of likely N-dealkylation sites (tertiary alicyclic amines) is 1. The van der Waals surface area contributed by atoms with E-state index in [1.165, 1.54) is 0 Å². The minimum absolute atomic E-state index is 0.0412. The summed E-state index contributed by atoms with van der Waals surface area (Å²) in [4.78, 5) is 13.6. The Morgan fingerprint density at radius 1 is 1.41 bits per heavy atom. The van der Waals surface area contributed by atoms with Crippen LogP contribution < -0.4 is 0 Å². The minimum Gasteiger partial charge on any atom is -0.444 e. The molecule has 17 heavy (non-hydrogen) atoms. The molecule has 3 atom stereocenters. The van der Waals surface area contributed by atoms with E-state index >= 15 is 0 Å². The van der Waals surface area contributed by atoms with Crippen molar-refractivity contribution in [2.45, 2.75) is 51.3 Å². The summed E-state index contributed by atoms with van der Waals surface area (Å²) in [6.45, 7) is 5.47. The maximum Gasteiger partial charge on any atom is 0.410 e. The Balaban J connectivity index is 2.07. The summed E-state index contributed by atoms with van der Waals surface area (Å²) in [7, 11) is 0. The Bertz CT molecular complexity index is 323. The highest BCUT2D eigenvalue weighted by molar-refractivity contribution is 5.70. The van der Waals surface area contributed by atoms with Crippen LogP contribution in [-0.4, -0.2) is 52.1 Å². The van der Waals surface area contributed by atoms with Crippen LogP contribution in [0.2, 0.25) is 0 Å². The Hall–Kier alpha value is -0.810. The fraction of sp³-hybridized carbons (Fsp3) is 0.917. The summed E-state index contributed by atoms with van der Waals surface area (Å²) in [6.07, 6.45) is 1.11. The predicted octanol–water partition coefficient (Wildman–Crippen LogP) is 0.739. The second-order valence-electron chi connectivity index (χ2n) is 6.17. The number of hydrogen-bond acceptors (Lipinski definition) is 4. The van der Waals surface area contributed by atoms with Crippen LogP contribution in [-0.2, 0) is 4.74 Å². The number of carbonyl (C=O) groups is 1. The van der Waals surface area contributed by atoms with Gasteiger partial charge < -0.3 is 14.9 Å². The van der Waals surface area contributed by atoms with Crippen molar-refractivity contribution < 1.29 is 19.7 Å². The van der Waals surface area contributed by atoms with Gasteiger partial charge in [0.05, 0.1) is 19.3 Å². The van der Waals surface area contributed by atoms with Crippen LogP contribution >= 0.6 is 0 Å². The van der Waals surface area contributed by atoms with E-state index in [2.05, 4.69) is 0 Å². The first kappa shape index (κ1) is 12.6. The largest absolute Gasteiger partial charge is 0.444 e. The lowest BCUT2D eigenvalue weighted by Crippen LogP contribution is -2.43. The quantitative estimate of drug-likeness (QED) is 0.750. The Labute approximate surface area is 101 Å². The van der Waals surface area contributed by atoms with Crippen molar-refractivity contribution in [3.63, 3.8) is 0 Å². The van der Waals surface area contributed by atoms with Gasteiger partial charge >= 0.3 is 6.09 Å². The zero-order valence-electron chi connectivity index (χ0n) is 10.6. The molecule has 98 valence electrons. The van der Waals surface area contributed by atoms with Gasteiger partial charge in [0.1, 0.15) is 5.60 Å². The van der Waals surface area contributed by atoms with Crippen molar-refractivity contribution in [1.29, 1.82) is 0 Å². The van der Waals surface area contributed by atoms with Gasteiger partial charge in [0.15, 0.2) is 0 Å². The average molecular weight is 243 g/mol. The Kier molecular flexibility index (Phi) is 2.86. The van der Waals surface area contributed by atoms with Crippen LogP contribution in [0.3, 0.4) is 0 Å². The normalized spacial score (nSPS) is 35.7. The van der Waals surface area contributed by atoms with Crippen molar-refractivity contribution in [2.24, 2.45) is 5.41 Å². The third kappa shape index (κ3) is 2.13. The van der Waals surface area contributed by atoms with Crippen LogP contribution in [0.15, 0.2) is 0 Å². The van der Waals surface area contributed by atoms with E-state index in [4.69, 9.17) is 4.74 Å². The number of nitrogens with zero attached hydrogens (tertiary/aromatic N) is 1. The molecule has 5 heteroatoms. The van der Waals surface area contributed by atoms with Gasteiger partial charge in [0, 0.05) is 11.5 Å². The van der Waals surface area contributed by atoms with Crippen LogP contribution in [0.4, 0.5) is 4.79 Å². The first-order chi connectivity index (χ1) is 7.83. The molecule has 0 unspecified atom stereocenters. The number of hydrogen-bond donors (Lipinski definition) is 2. The number of amides is 1. The van der Waals surface area contributed by atoms with Gasteiger partial charge in [0.25, 0.3) is 0 Å². The van der Waals surface area contributed by atoms with E-state index in [0.29, 0.717) is 6.42 Å². The molecule has 2 rings (SSSR count). The van der Waals surface area contributed by atoms with E-state index in [1.54, 1.807) is 4.90 Å². The zero-order chi connectivity index (χ0) is 12.8. The highest BCUT2D eigenvalue weighted by Gasteiger charge is 2.66. The topological polar surface area (TPSA) is 70.0 Å². The van der Waals surface area contributed by atoms with Crippen LogP contribution in [0, 0.1) is 5.41 Å². The molecule has 1 saturated carbocycles. The van der Waals surface area contributed by atoms with E-state index in [1.807, 2.05) is 20.8 Å². The van der Waals surface area contributed by atoms with Crippen LogP contribution in [0.25, 0.3) is 0 Å². The minimum atomic E-state index is -0.531. The number of carbonyl (C=O) groups excluding carboxylic acids is 1. The number of fused-ring (bicyclic) bond motifs is 1. The molecule has 2 fully saturated rings. The molecular weight excluding hydrogens is 222 g/mol. The number of rotatable bonds is 2. The Morgan fingerprint density at radius 3 is 2.53 bits per heavy atom. The molecule has 0 spiro atoms. The zero-order valence-corrected chi connectivity index (χ0v) is 10.6. The van der Waals surface area contributed by atoms with Gasteiger partial charge in [-0.1, -0.05) is 0 Å². The third-order valence-corrected chi connectivity index (χ3v) is 3.65. The summed E-state index contributed by atoms with van der Waals surface area (Å²) >= 11 is 0. The SMILES string of the molecule is CC(C)(C)OC(=O)N1[C@H](CO)C[C@@]2(CO)C[C@@H]12. The molecule has 0 aromatic carbocycles. The number of aliphatic hydroxyl groups is 2. The van der Waals surface area contributed by atoms with Crippen LogP contribution in [0.5, 0.6) is 0 Å². The smallest absolute Gasteiger partial charge is 0.410 e. The second-order valence-corrected chi connectivity index (χ2v) is 6.17. The summed E-state index contributed by atoms with van der Waals surface area (Å²) in [5, 5.41) is 18.7. The number of aliphatic hydroxyl groups excluding tert-OH is 2. The molecule has 2 N–H and O–H groups in total. The fourth-order valence-corrected chi connectivity index (χ4v) is 2.74. The standard InChI is InChI=1S/C12H21NO4/c1-11(2,3)17-10(16)13-8(6-14)4-12(7-15)5-9(12)13/h8-9,14-15H,4-7H2,1-3H3/t8-,9+,12-/m0/s1. The summed E-state index contributed by atoms with van der Waals surface area (Å²) < 4.78 is 5.33. The fourth-order valence-electron chi connectivity index (χ4n) is 2.74. The number of piperidine rings is 1. The maximum absolute atomic E-state index is 12.0. The van der Waals surface area contributed by atoms with Gasteiger partial charge in [-0.25, -0.2) is 4.79 Å². The highest BCUT2D eigenvalue weighted by Crippen LogP contribution is 2.59. The van der Waals surface area contributed by atoms with Crippen molar-refractivity contribution in [2.75, 3.05) is 13.2 Å². The molecule has 0 radical (unpaired) electrons. The molecule has 2 aliphatic rings. The van der Waals surface area contributed by atoms with Crippen LogP contribution in [0.1, 0.15) is 33.6 Å². The first-order valence-corrected chi connectivity index (χ1v) is 6.06. The lowest BCUT2D eigenvalue weighted by atomic mass is 10.0. The highest BCUT2D eigenvalue weighted by atomic mass is 16.6. The van der Waals surface area contributed by atoms with Crippen molar-refractivity contribution in [1.82, 2.24) is 4.90 Å². The van der Waals surface area contributed by atoms with Crippen molar-refractivity contribution in [3.05, 3.63) is 0 Å². The molecule has 0 aromatic heterocycles. The first-order valence-electron chi connectivity index (χ1n) is 6.06.